The van der Waals surface area contributed by atoms with Crippen molar-refractivity contribution in [1.29, 1.82) is 0 Å². The summed E-state index contributed by atoms with van der Waals surface area (Å²) >= 11 is 0. The smallest absolute Gasteiger partial charge is 0.335 e. The molecule has 1 saturated heterocycles. The number of amides is 1. The van der Waals surface area contributed by atoms with Gasteiger partial charge in [-0.2, -0.15) is 0 Å². The molecular formula is C14H17NO5. The van der Waals surface area contributed by atoms with Gasteiger partial charge in [0.2, 0.25) is 0 Å². The van der Waals surface area contributed by atoms with Crippen LogP contribution in [-0.4, -0.2) is 52.8 Å². The summed E-state index contributed by atoms with van der Waals surface area (Å²) in [5.74, 6) is -0.964. The lowest BCUT2D eigenvalue weighted by Gasteiger charge is -2.35. The van der Waals surface area contributed by atoms with Crippen LogP contribution < -0.4 is 4.74 Å². The normalized spacial score (nSPS) is 17.6. The van der Waals surface area contributed by atoms with Gasteiger partial charge < -0.3 is 19.8 Å². The van der Waals surface area contributed by atoms with Crippen LogP contribution in [-0.2, 0) is 4.79 Å². The number of likely N-dealkylation sites (tertiary alicyclic amines) is 1. The lowest BCUT2D eigenvalue weighted by molar-refractivity contribution is -0.162. The molecule has 2 rings (SSSR count). The van der Waals surface area contributed by atoms with Gasteiger partial charge >= 0.3 is 5.97 Å². The van der Waals surface area contributed by atoms with E-state index in [0.29, 0.717) is 11.3 Å². The van der Waals surface area contributed by atoms with E-state index in [1.807, 2.05) is 0 Å². The zero-order valence-corrected chi connectivity index (χ0v) is 11.2. The van der Waals surface area contributed by atoms with Gasteiger partial charge in [-0.3, -0.25) is 4.79 Å². The number of ether oxygens (including phenoxy) is 1. The Morgan fingerprint density at radius 2 is 1.85 bits per heavy atom. The highest BCUT2D eigenvalue weighted by Gasteiger charge is 2.40. The summed E-state index contributed by atoms with van der Waals surface area (Å²) in [6, 6.07) is 6.88. The summed E-state index contributed by atoms with van der Waals surface area (Å²) < 4.78 is 5.15. The van der Waals surface area contributed by atoms with Crippen LogP contribution >= 0.6 is 0 Å². The van der Waals surface area contributed by atoms with Crippen LogP contribution in [0.4, 0.5) is 0 Å². The van der Waals surface area contributed by atoms with Gasteiger partial charge in [-0.05, 0) is 12.1 Å². The van der Waals surface area contributed by atoms with E-state index < -0.39 is 11.6 Å². The van der Waals surface area contributed by atoms with Gasteiger partial charge in [-0.1, -0.05) is 12.1 Å². The second-order valence-corrected chi connectivity index (χ2v) is 4.83. The molecule has 0 spiro atoms. The van der Waals surface area contributed by atoms with E-state index >= 15 is 0 Å². The highest BCUT2D eigenvalue weighted by Crippen LogP contribution is 2.26. The Kier molecular flexibility index (Phi) is 3.94. The average Bonchev–Trinajstić information content (AvgIpc) is 2.47. The lowest BCUT2D eigenvalue weighted by atomic mass is 9.91. The van der Waals surface area contributed by atoms with Crippen molar-refractivity contribution in [1.82, 2.24) is 4.90 Å². The molecule has 0 atom stereocenters. The average molecular weight is 279 g/mol. The summed E-state index contributed by atoms with van der Waals surface area (Å²) in [6.07, 6.45) is 0.0619. The van der Waals surface area contributed by atoms with Crippen LogP contribution in [0.25, 0.3) is 0 Å². The zero-order chi connectivity index (χ0) is 14.8. The Bertz CT molecular complexity index is 520. The van der Waals surface area contributed by atoms with Crippen molar-refractivity contribution < 1.29 is 24.5 Å². The van der Waals surface area contributed by atoms with Crippen molar-refractivity contribution in [2.24, 2.45) is 0 Å². The Hall–Kier alpha value is -2.08. The van der Waals surface area contributed by atoms with Gasteiger partial charge in [0.25, 0.3) is 5.91 Å². The van der Waals surface area contributed by atoms with E-state index in [4.69, 9.17) is 9.84 Å². The van der Waals surface area contributed by atoms with Crippen LogP contribution in [0.5, 0.6) is 5.75 Å². The molecule has 2 N–H and O–H groups in total. The molecule has 0 aromatic heterocycles. The predicted octanol–water partition coefficient (Wildman–Crippen LogP) is 0.747. The highest BCUT2D eigenvalue weighted by molar-refractivity contribution is 5.97. The van der Waals surface area contributed by atoms with Gasteiger partial charge in [-0.15, -0.1) is 0 Å². The van der Waals surface area contributed by atoms with Crippen molar-refractivity contribution >= 4 is 11.9 Å². The molecule has 1 aromatic carbocycles. The molecule has 1 amide bonds. The van der Waals surface area contributed by atoms with Crippen molar-refractivity contribution in [2.75, 3.05) is 20.2 Å². The second-order valence-electron chi connectivity index (χ2n) is 4.83. The minimum absolute atomic E-state index is 0.0310. The van der Waals surface area contributed by atoms with E-state index in [-0.39, 0.29) is 31.8 Å². The fourth-order valence-electron chi connectivity index (χ4n) is 2.29. The summed E-state index contributed by atoms with van der Waals surface area (Å²) in [6.45, 7) is 0.416. The molecule has 1 aromatic rings. The van der Waals surface area contributed by atoms with Gasteiger partial charge in [-0.25, -0.2) is 4.79 Å². The number of carboxylic acids is 1. The number of carboxylic acid groups (broad SMARTS) is 1. The second kappa shape index (κ2) is 5.50. The van der Waals surface area contributed by atoms with Gasteiger partial charge in [0, 0.05) is 25.9 Å². The maximum absolute atomic E-state index is 12.4. The first kappa shape index (κ1) is 14.3. The Morgan fingerprint density at radius 1 is 1.25 bits per heavy atom. The number of rotatable bonds is 3. The number of nitrogens with zero attached hydrogens (tertiary/aromatic N) is 1. The van der Waals surface area contributed by atoms with E-state index in [9.17, 15) is 14.7 Å². The number of benzene rings is 1. The fraction of sp³-hybridized carbons (Fsp3) is 0.429. The number of carbonyl (C=O) groups is 2. The lowest BCUT2D eigenvalue weighted by Crippen LogP contribution is -2.50. The number of aliphatic carboxylic acids is 1. The molecule has 108 valence electrons. The molecule has 1 heterocycles. The summed E-state index contributed by atoms with van der Waals surface area (Å²) in [5.41, 5.74) is -1.28. The predicted molar refractivity (Wildman–Crippen MR) is 70.7 cm³/mol. The number of carbonyl (C=O) groups excluding carboxylic acids is 1. The number of para-hydroxylation sites is 1. The molecular weight excluding hydrogens is 262 g/mol. The molecule has 6 heteroatoms. The molecule has 0 saturated carbocycles. The molecule has 1 fully saturated rings. The zero-order valence-electron chi connectivity index (χ0n) is 11.2. The van der Waals surface area contributed by atoms with Crippen molar-refractivity contribution in [3.8, 4) is 5.75 Å². The number of hydrogen-bond acceptors (Lipinski definition) is 4. The Balaban J connectivity index is 2.11. The Labute approximate surface area is 116 Å². The number of aliphatic hydroxyl groups is 1. The molecule has 0 radical (unpaired) electrons. The summed E-state index contributed by atoms with van der Waals surface area (Å²) in [4.78, 5) is 24.9. The minimum atomic E-state index is -1.72. The number of hydrogen-bond donors (Lipinski definition) is 2. The highest BCUT2D eigenvalue weighted by atomic mass is 16.5. The molecule has 0 unspecified atom stereocenters. The topological polar surface area (TPSA) is 87.1 Å². The third-order valence-electron chi connectivity index (χ3n) is 3.61. The van der Waals surface area contributed by atoms with Gasteiger partial charge in [0.15, 0.2) is 5.60 Å². The number of methoxy groups -OCH3 is 1. The molecule has 1 aliphatic heterocycles. The van der Waals surface area contributed by atoms with Gasteiger partial charge in [0.05, 0.1) is 12.7 Å². The van der Waals surface area contributed by atoms with E-state index in [0.717, 1.165) is 0 Å². The standard InChI is InChI=1S/C14H17NO5/c1-20-11-5-3-2-4-10(11)12(16)15-8-6-14(19,7-9-15)13(17)18/h2-5,19H,6-9H2,1H3,(H,17,18). The van der Waals surface area contributed by atoms with Crippen molar-refractivity contribution in [3.63, 3.8) is 0 Å². The molecule has 0 bridgehead atoms. The summed E-state index contributed by atoms with van der Waals surface area (Å²) in [5, 5.41) is 18.8. The van der Waals surface area contributed by atoms with Crippen molar-refractivity contribution in [2.45, 2.75) is 18.4 Å². The van der Waals surface area contributed by atoms with Crippen LogP contribution in [0, 0.1) is 0 Å². The van der Waals surface area contributed by atoms with E-state index in [1.54, 1.807) is 24.3 Å². The molecule has 0 aliphatic carbocycles. The fourth-order valence-corrected chi connectivity index (χ4v) is 2.29. The largest absolute Gasteiger partial charge is 0.496 e. The molecule has 1 aliphatic rings. The van der Waals surface area contributed by atoms with Gasteiger partial charge in [0.1, 0.15) is 5.75 Å². The monoisotopic (exact) mass is 279 g/mol. The molecule has 20 heavy (non-hydrogen) atoms. The van der Waals surface area contributed by atoms with Crippen molar-refractivity contribution in [3.05, 3.63) is 29.8 Å². The van der Waals surface area contributed by atoms with E-state index in [2.05, 4.69) is 0 Å². The molecule has 6 nitrogen and oxygen atoms in total. The van der Waals surface area contributed by atoms with Crippen LogP contribution in [0.15, 0.2) is 24.3 Å². The SMILES string of the molecule is COc1ccccc1C(=O)N1CCC(O)(C(=O)O)CC1. The van der Waals surface area contributed by atoms with Crippen LogP contribution in [0.2, 0.25) is 0 Å². The first-order chi connectivity index (χ1) is 9.48. The van der Waals surface area contributed by atoms with Crippen LogP contribution in [0.1, 0.15) is 23.2 Å². The third-order valence-corrected chi connectivity index (χ3v) is 3.61. The number of piperidine rings is 1. The first-order valence-electron chi connectivity index (χ1n) is 6.36. The quantitative estimate of drug-likeness (QED) is 0.852. The Morgan fingerprint density at radius 3 is 2.40 bits per heavy atom. The van der Waals surface area contributed by atoms with Crippen LogP contribution in [0.3, 0.4) is 0 Å². The maximum Gasteiger partial charge on any atom is 0.335 e. The summed E-state index contributed by atoms with van der Waals surface area (Å²) in [7, 11) is 1.49. The first-order valence-corrected chi connectivity index (χ1v) is 6.36. The van der Waals surface area contributed by atoms with E-state index in [1.165, 1.54) is 12.0 Å². The minimum Gasteiger partial charge on any atom is -0.496 e. The maximum atomic E-state index is 12.4. The third kappa shape index (κ3) is 2.60.